The van der Waals surface area contributed by atoms with E-state index < -0.39 is 12.1 Å². The SMILES string of the molecule is CCC(CC)O[C@@H]1C=C(C(=O)O)C[C@H](NCc2ccc(-c3ccccc3)c(OC)c2)[C@H]1NC(C)=O. The number of ether oxygens (including phenoxy) is 2. The van der Waals surface area contributed by atoms with Crippen molar-refractivity contribution in [2.24, 2.45) is 0 Å². The van der Waals surface area contributed by atoms with Crippen LogP contribution in [0.3, 0.4) is 0 Å². The molecule has 1 amide bonds. The predicted octanol–water partition coefficient (Wildman–Crippen LogP) is 4.31. The van der Waals surface area contributed by atoms with Crippen molar-refractivity contribution in [2.45, 2.75) is 70.9 Å². The number of carboxylic acid groups (broad SMARTS) is 1. The van der Waals surface area contributed by atoms with Gasteiger partial charge in [-0.25, -0.2) is 4.79 Å². The molecule has 1 aliphatic carbocycles. The fraction of sp³-hybridized carbons (Fsp3) is 0.429. The summed E-state index contributed by atoms with van der Waals surface area (Å²) < 4.78 is 11.9. The van der Waals surface area contributed by atoms with Crippen LogP contribution in [0.2, 0.25) is 0 Å². The zero-order chi connectivity index (χ0) is 25.4. The van der Waals surface area contributed by atoms with E-state index in [1.807, 2.05) is 62.4 Å². The van der Waals surface area contributed by atoms with Crippen molar-refractivity contribution in [1.82, 2.24) is 10.6 Å². The van der Waals surface area contributed by atoms with Crippen molar-refractivity contribution in [3.8, 4) is 16.9 Å². The van der Waals surface area contributed by atoms with Crippen LogP contribution < -0.4 is 15.4 Å². The van der Waals surface area contributed by atoms with E-state index >= 15 is 0 Å². The fourth-order valence-corrected chi connectivity index (χ4v) is 4.52. The maximum atomic E-state index is 12.0. The maximum absolute atomic E-state index is 12.0. The Hall–Kier alpha value is -3.16. The molecule has 3 N–H and O–H groups in total. The Morgan fingerprint density at radius 2 is 1.83 bits per heavy atom. The summed E-state index contributed by atoms with van der Waals surface area (Å²) in [4.78, 5) is 23.9. The Morgan fingerprint density at radius 1 is 1.11 bits per heavy atom. The summed E-state index contributed by atoms with van der Waals surface area (Å²) in [5.41, 5.74) is 3.35. The first-order valence-corrected chi connectivity index (χ1v) is 12.2. The molecule has 2 aromatic rings. The van der Waals surface area contributed by atoms with Crippen LogP contribution in [0.15, 0.2) is 60.2 Å². The molecule has 2 aromatic carbocycles. The molecular formula is C28H36N2O5. The Balaban J connectivity index is 1.83. The molecule has 188 valence electrons. The molecule has 0 heterocycles. The van der Waals surface area contributed by atoms with Crippen molar-refractivity contribution in [2.75, 3.05) is 7.11 Å². The van der Waals surface area contributed by atoms with Crippen molar-refractivity contribution in [1.29, 1.82) is 0 Å². The number of rotatable bonds is 11. The second-order valence-electron chi connectivity index (χ2n) is 8.85. The summed E-state index contributed by atoms with van der Waals surface area (Å²) in [5, 5.41) is 16.2. The van der Waals surface area contributed by atoms with Crippen LogP contribution in [0, 0.1) is 0 Å². The van der Waals surface area contributed by atoms with Crippen molar-refractivity contribution >= 4 is 11.9 Å². The Bertz CT molecular complexity index is 1030. The van der Waals surface area contributed by atoms with Gasteiger partial charge in [0.1, 0.15) is 5.75 Å². The smallest absolute Gasteiger partial charge is 0.331 e. The standard InChI is InChI=1S/C28H36N2O5/c1-5-22(6-2)35-26-16-21(28(32)33)15-24(27(26)30-18(3)31)29-17-19-12-13-23(25(14-19)34-4)20-10-8-7-9-11-20/h7-14,16,22,24,26-27,29H,5-6,15,17H2,1-4H3,(H,30,31)(H,32,33)/t24-,26+,27+/m0/s1. The average Bonchev–Trinajstić information content (AvgIpc) is 2.86. The molecule has 7 heteroatoms. The van der Waals surface area contributed by atoms with Crippen LogP contribution in [-0.2, 0) is 20.9 Å². The minimum absolute atomic E-state index is 0.0175. The Labute approximate surface area is 207 Å². The molecule has 0 saturated heterocycles. The van der Waals surface area contributed by atoms with Crippen LogP contribution in [0.25, 0.3) is 11.1 Å². The molecule has 35 heavy (non-hydrogen) atoms. The molecule has 0 bridgehead atoms. The number of benzene rings is 2. The number of carbonyl (C=O) groups excluding carboxylic acids is 1. The monoisotopic (exact) mass is 480 g/mol. The lowest BCUT2D eigenvalue weighted by Gasteiger charge is -2.38. The summed E-state index contributed by atoms with van der Waals surface area (Å²) in [6, 6.07) is 15.4. The largest absolute Gasteiger partial charge is 0.496 e. The van der Waals surface area contributed by atoms with Gasteiger partial charge in [-0.1, -0.05) is 56.3 Å². The van der Waals surface area contributed by atoms with Crippen LogP contribution in [0.1, 0.15) is 45.6 Å². The molecule has 0 spiro atoms. The predicted molar refractivity (Wildman–Crippen MR) is 136 cm³/mol. The van der Waals surface area contributed by atoms with Gasteiger partial charge >= 0.3 is 5.97 Å². The molecule has 1 aliphatic rings. The summed E-state index contributed by atoms with van der Waals surface area (Å²) in [6.07, 6.45) is 3.00. The molecule has 0 saturated carbocycles. The molecule has 0 aromatic heterocycles. The quantitative estimate of drug-likeness (QED) is 0.443. The Kier molecular flexibility index (Phi) is 9.46. The van der Waals surface area contributed by atoms with Crippen LogP contribution >= 0.6 is 0 Å². The number of carbonyl (C=O) groups is 2. The first-order valence-electron chi connectivity index (χ1n) is 12.2. The third-order valence-electron chi connectivity index (χ3n) is 6.42. The minimum atomic E-state index is -0.967. The first-order chi connectivity index (χ1) is 16.9. The maximum Gasteiger partial charge on any atom is 0.331 e. The van der Waals surface area contributed by atoms with E-state index in [1.165, 1.54) is 6.92 Å². The van der Waals surface area contributed by atoms with Gasteiger partial charge in [-0.2, -0.15) is 0 Å². The molecule has 0 fully saturated rings. The van der Waals surface area contributed by atoms with Crippen LogP contribution in [0.4, 0.5) is 0 Å². The summed E-state index contributed by atoms with van der Waals surface area (Å²) >= 11 is 0. The number of amides is 1. The molecule has 0 unspecified atom stereocenters. The number of methoxy groups -OCH3 is 1. The summed E-state index contributed by atoms with van der Waals surface area (Å²) in [5.74, 6) is -0.385. The molecule has 3 atom stereocenters. The molecule has 0 aliphatic heterocycles. The number of nitrogens with one attached hydrogen (secondary N) is 2. The van der Waals surface area contributed by atoms with E-state index in [1.54, 1.807) is 13.2 Å². The van der Waals surface area contributed by atoms with Gasteiger partial charge in [0.2, 0.25) is 5.91 Å². The van der Waals surface area contributed by atoms with Crippen molar-refractivity contribution < 1.29 is 24.2 Å². The van der Waals surface area contributed by atoms with E-state index in [9.17, 15) is 14.7 Å². The van der Waals surface area contributed by atoms with Crippen LogP contribution in [0.5, 0.6) is 5.75 Å². The molecule has 7 nitrogen and oxygen atoms in total. The highest BCUT2D eigenvalue weighted by atomic mass is 16.5. The minimum Gasteiger partial charge on any atom is -0.496 e. The summed E-state index contributed by atoms with van der Waals surface area (Å²) in [7, 11) is 1.65. The number of aliphatic carboxylic acids is 1. The lowest BCUT2D eigenvalue weighted by atomic mass is 9.87. The number of hydrogen-bond acceptors (Lipinski definition) is 5. The fourth-order valence-electron chi connectivity index (χ4n) is 4.52. The third kappa shape index (κ3) is 6.93. The molecular weight excluding hydrogens is 444 g/mol. The first kappa shape index (κ1) is 26.4. The lowest BCUT2D eigenvalue weighted by molar-refractivity contribution is -0.133. The zero-order valence-electron chi connectivity index (χ0n) is 20.9. The van der Waals surface area contributed by atoms with E-state index in [0.29, 0.717) is 6.54 Å². The third-order valence-corrected chi connectivity index (χ3v) is 6.42. The second-order valence-corrected chi connectivity index (χ2v) is 8.85. The number of carboxylic acids is 1. The van der Waals surface area contributed by atoms with E-state index in [0.717, 1.165) is 35.3 Å². The lowest BCUT2D eigenvalue weighted by Crippen LogP contribution is -2.58. The Morgan fingerprint density at radius 3 is 2.43 bits per heavy atom. The molecule has 3 rings (SSSR count). The van der Waals surface area contributed by atoms with Gasteiger partial charge in [0.05, 0.1) is 25.4 Å². The van der Waals surface area contributed by atoms with Crippen molar-refractivity contribution in [3.63, 3.8) is 0 Å². The highest BCUT2D eigenvalue weighted by Gasteiger charge is 2.37. The topological polar surface area (TPSA) is 96.9 Å². The highest BCUT2D eigenvalue weighted by Crippen LogP contribution is 2.31. The highest BCUT2D eigenvalue weighted by molar-refractivity contribution is 5.87. The van der Waals surface area contributed by atoms with Gasteiger partial charge in [0, 0.05) is 30.6 Å². The second kappa shape index (κ2) is 12.5. The van der Waals surface area contributed by atoms with Gasteiger partial charge in [-0.05, 0) is 42.5 Å². The van der Waals surface area contributed by atoms with Gasteiger partial charge in [0.15, 0.2) is 0 Å². The summed E-state index contributed by atoms with van der Waals surface area (Å²) in [6.45, 7) is 6.02. The van der Waals surface area contributed by atoms with Gasteiger partial charge < -0.3 is 25.2 Å². The zero-order valence-corrected chi connectivity index (χ0v) is 20.9. The van der Waals surface area contributed by atoms with E-state index in [2.05, 4.69) is 10.6 Å². The van der Waals surface area contributed by atoms with Crippen molar-refractivity contribution in [3.05, 3.63) is 65.7 Å². The number of hydrogen-bond donors (Lipinski definition) is 3. The molecule has 0 radical (unpaired) electrons. The van der Waals surface area contributed by atoms with Gasteiger partial charge in [-0.3, -0.25) is 4.79 Å². The van der Waals surface area contributed by atoms with E-state index in [-0.39, 0.29) is 36.1 Å². The van der Waals surface area contributed by atoms with E-state index in [4.69, 9.17) is 9.47 Å². The van der Waals surface area contributed by atoms with Crippen LogP contribution in [-0.4, -0.2) is 48.4 Å². The normalized spacial score (nSPS) is 19.8. The van der Waals surface area contributed by atoms with Gasteiger partial charge in [-0.15, -0.1) is 0 Å². The van der Waals surface area contributed by atoms with Gasteiger partial charge in [0.25, 0.3) is 0 Å². The average molecular weight is 481 g/mol.